The van der Waals surface area contributed by atoms with Crippen LogP contribution < -0.4 is 9.75 Å². The van der Waals surface area contributed by atoms with Crippen LogP contribution in [0.2, 0.25) is 5.02 Å². The fraction of sp³-hybridized carbons (Fsp3) is 0.179. The van der Waals surface area contributed by atoms with Gasteiger partial charge in [0.25, 0.3) is 11.8 Å². The number of methoxy groups -OCH3 is 1. The van der Waals surface area contributed by atoms with Gasteiger partial charge in [-0.15, -0.1) is 0 Å². The highest BCUT2D eigenvalue weighted by molar-refractivity contribution is 6.30. The van der Waals surface area contributed by atoms with Crippen LogP contribution in [0.3, 0.4) is 0 Å². The molecule has 3 aromatic carbocycles. The van der Waals surface area contributed by atoms with Crippen LogP contribution in [0.15, 0.2) is 71.8 Å². The first-order valence-corrected chi connectivity index (χ1v) is 12.0. The van der Waals surface area contributed by atoms with E-state index in [9.17, 15) is 22.8 Å². The predicted molar refractivity (Wildman–Crippen MR) is 139 cm³/mol. The van der Waals surface area contributed by atoms with Crippen LogP contribution in [-0.4, -0.2) is 29.2 Å². The first kappa shape index (κ1) is 25.5. The second kappa shape index (κ2) is 9.64. The first-order chi connectivity index (χ1) is 18.1. The molecule has 0 atom stereocenters. The van der Waals surface area contributed by atoms with E-state index in [-0.39, 0.29) is 24.4 Å². The van der Waals surface area contributed by atoms with E-state index in [0.29, 0.717) is 33.3 Å². The molecule has 10 heteroatoms. The van der Waals surface area contributed by atoms with E-state index in [1.807, 2.05) is 6.07 Å². The Labute approximate surface area is 220 Å². The molecule has 0 N–H and O–H groups in total. The van der Waals surface area contributed by atoms with E-state index in [4.69, 9.17) is 16.3 Å². The van der Waals surface area contributed by atoms with Gasteiger partial charge >= 0.3 is 6.18 Å². The molecule has 1 aromatic heterocycles. The van der Waals surface area contributed by atoms with E-state index in [2.05, 4.69) is 5.10 Å². The highest BCUT2D eigenvalue weighted by Crippen LogP contribution is 2.34. The summed E-state index contributed by atoms with van der Waals surface area (Å²) in [7, 11) is 1.54. The van der Waals surface area contributed by atoms with Crippen LogP contribution in [0, 0.1) is 6.92 Å². The van der Waals surface area contributed by atoms with Crippen LogP contribution in [0.4, 0.5) is 18.9 Å². The number of carbonyl (C=O) groups excluding carboxylic acids is 2. The Morgan fingerprint density at radius 1 is 1.08 bits per heavy atom. The third kappa shape index (κ3) is 4.65. The number of amides is 1. The number of hydrogen-bond donors (Lipinski definition) is 0. The van der Waals surface area contributed by atoms with Gasteiger partial charge in [-0.2, -0.15) is 18.3 Å². The van der Waals surface area contributed by atoms with E-state index < -0.39 is 17.6 Å². The number of hydrogen-bond acceptors (Lipinski definition) is 4. The third-order valence-corrected chi connectivity index (χ3v) is 6.72. The van der Waals surface area contributed by atoms with E-state index in [1.54, 1.807) is 47.9 Å². The van der Waals surface area contributed by atoms with Crippen molar-refractivity contribution in [2.24, 2.45) is 5.10 Å². The van der Waals surface area contributed by atoms with Gasteiger partial charge < -0.3 is 4.74 Å². The molecule has 0 saturated carbocycles. The molecule has 38 heavy (non-hydrogen) atoms. The van der Waals surface area contributed by atoms with Crippen molar-refractivity contribution in [3.05, 3.63) is 94.1 Å². The van der Waals surface area contributed by atoms with E-state index >= 15 is 0 Å². The lowest BCUT2D eigenvalue weighted by atomic mass is 10.0. The van der Waals surface area contributed by atoms with Gasteiger partial charge in [0.05, 0.1) is 36.0 Å². The van der Waals surface area contributed by atoms with Crippen LogP contribution in [-0.2, 0) is 17.4 Å². The highest BCUT2D eigenvalue weighted by atomic mass is 35.5. The fourth-order valence-electron chi connectivity index (χ4n) is 4.60. The largest absolute Gasteiger partial charge is 0.497 e. The molecule has 6 nitrogen and oxygen atoms in total. The van der Waals surface area contributed by atoms with Gasteiger partial charge in [0.1, 0.15) is 5.75 Å². The molecule has 0 spiro atoms. The van der Waals surface area contributed by atoms with Crippen molar-refractivity contribution in [3.8, 4) is 5.75 Å². The molecular weight excluding hydrogens is 519 g/mol. The number of rotatable bonds is 5. The summed E-state index contributed by atoms with van der Waals surface area (Å²) in [5.41, 5.74) is 2.16. The average Bonchev–Trinajstić information content (AvgIpc) is 3.39. The standard InChI is InChI=1S/C28H21ClF3N3O3/c1-16-23(13-20-14-26(36)35(33-20)21-5-3-4-18(12-21)28(30,31)32)24-15-22(38-2)10-11-25(24)34(16)27(37)17-6-8-19(29)9-7-17/h3-12,15H,13-14H2,1-2H3. The highest BCUT2D eigenvalue weighted by Gasteiger charge is 2.33. The lowest BCUT2D eigenvalue weighted by Gasteiger charge is -2.14. The Bertz CT molecular complexity index is 1610. The van der Waals surface area contributed by atoms with Crippen molar-refractivity contribution in [1.82, 2.24) is 4.57 Å². The Hall–Kier alpha value is -4.11. The lowest BCUT2D eigenvalue weighted by molar-refractivity contribution is -0.137. The summed E-state index contributed by atoms with van der Waals surface area (Å²) in [5, 5.41) is 6.62. The van der Waals surface area contributed by atoms with Gasteiger partial charge in [0.2, 0.25) is 0 Å². The van der Waals surface area contributed by atoms with Gasteiger partial charge in [0, 0.05) is 28.1 Å². The number of ether oxygens (including phenoxy) is 1. The Balaban J connectivity index is 1.55. The monoisotopic (exact) mass is 539 g/mol. The zero-order valence-electron chi connectivity index (χ0n) is 20.3. The molecule has 1 aliphatic rings. The van der Waals surface area contributed by atoms with Crippen LogP contribution >= 0.6 is 11.6 Å². The molecular formula is C28H21ClF3N3O3. The van der Waals surface area contributed by atoms with Crippen molar-refractivity contribution in [2.75, 3.05) is 12.1 Å². The Morgan fingerprint density at radius 3 is 2.50 bits per heavy atom. The molecule has 5 rings (SSSR count). The Morgan fingerprint density at radius 2 is 1.82 bits per heavy atom. The third-order valence-electron chi connectivity index (χ3n) is 6.47. The molecule has 0 bridgehead atoms. The molecule has 0 radical (unpaired) electrons. The first-order valence-electron chi connectivity index (χ1n) is 11.6. The zero-order valence-corrected chi connectivity index (χ0v) is 21.1. The SMILES string of the molecule is COc1ccc2c(c1)c(CC1=NN(c3cccc(C(F)(F)F)c3)C(=O)C1)c(C)n2C(=O)c1ccc(Cl)cc1. The molecule has 4 aromatic rings. The minimum Gasteiger partial charge on any atom is -0.497 e. The van der Waals surface area contributed by atoms with Crippen molar-refractivity contribution in [3.63, 3.8) is 0 Å². The summed E-state index contributed by atoms with van der Waals surface area (Å²) in [5.74, 6) is -0.101. The van der Waals surface area contributed by atoms with Crippen molar-refractivity contribution in [1.29, 1.82) is 0 Å². The number of aromatic nitrogens is 1. The number of fused-ring (bicyclic) bond motifs is 1. The molecule has 1 aliphatic heterocycles. The molecule has 0 fully saturated rings. The normalized spacial score (nSPS) is 13.8. The number of benzene rings is 3. The minimum absolute atomic E-state index is 0.0403. The van der Waals surface area contributed by atoms with Crippen molar-refractivity contribution in [2.45, 2.75) is 25.9 Å². The van der Waals surface area contributed by atoms with Gasteiger partial charge in [-0.25, -0.2) is 5.01 Å². The van der Waals surface area contributed by atoms with Crippen LogP contribution in [0.25, 0.3) is 10.9 Å². The summed E-state index contributed by atoms with van der Waals surface area (Å²) in [6.45, 7) is 1.80. The number of carbonyl (C=O) groups is 2. The molecule has 2 heterocycles. The van der Waals surface area contributed by atoms with Gasteiger partial charge in [0.15, 0.2) is 0 Å². The molecule has 194 valence electrons. The maximum Gasteiger partial charge on any atom is 0.416 e. The predicted octanol–water partition coefficient (Wildman–Crippen LogP) is 6.65. The van der Waals surface area contributed by atoms with Crippen LogP contribution in [0.1, 0.15) is 33.6 Å². The van der Waals surface area contributed by atoms with Gasteiger partial charge in [-0.05, 0) is 73.2 Å². The maximum atomic E-state index is 13.5. The number of alkyl halides is 3. The zero-order chi connectivity index (χ0) is 27.2. The summed E-state index contributed by atoms with van der Waals surface area (Å²) in [6.07, 6.45) is -4.38. The number of hydrazone groups is 1. The van der Waals surface area contributed by atoms with Gasteiger partial charge in [-0.1, -0.05) is 17.7 Å². The van der Waals surface area contributed by atoms with Gasteiger partial charge in [-0.3, -0.25) is 14.2 Å². The number of anilines is 1. The smallest absolute Gasteiger partial charge is 0.416 e. The fourth-order valence-corrected chi connectivity index (χ4v) is 4.72. The second-order valence-corrected chi connectivity index (χ2v) is 9.30. The maximum absolute atomic E-state index is 13.5. The average molecular weight is 540 g/mol. The number of halogens is 4. The van der Waals surface area contributed by atoms with Crippen molar-refractivity contribution >= 4 is 45.7 Å². The Kier molecular flexibility index (Phi) is 6.48. The molecule has 0 unspecified atom stereocenters. The second-order valence-electron chi connectivity index (χ2n) is 8.87. The van der Waals surface area contributed by atoms with E-state index in [0.717, 1.165) is 28.1 Å². The summed E-state index contributed by atoms with van der Waals surface area (Å²) >= 11 is 5.99. The van der Waals surface area contributed by atoms with Crippen LogP contribution in [0.5, 0.6) is 5.75 Å². The molecule has 1 amide bonds. The lowest BCUT2D eigenvalue weighted by Crippen LogP contribution is -2.20. The molecule has 0 saturated heterocycles. The van der Waals surface area contributed by atoms with E-state index in [1.165, 1.54) is 19.2 Å². The van der Waals surface area contributed by atoms with Crippen molar-refractivity contribution < 1.29 is 27.5 Å². The quantitative estimate of drug-likeness (QED) is 0.285. The molecule has 0 aliphatic carbocycles. The summed E-state index contributed by atoms with van der Waals surface area (Å²) < 4.78 is 46.6. The summed E-state index contributed by atoms with van der Waals surface area (Å²) in [6, 6.07) is 16.4. The summed E-state index contributed by atoms with van der Waals surface area (Å²) in [4.78, 5) is 26.3. The minimum atomic E-state index is -4.54. The topological polar surface area (TPSA) is 63.9 Å². The number of nitrogens with zero attached hydrogens (tertiary/aromatic N) is 3.